The van der Waals surface area contributed by atoms with Crippen molar-refractivity contribution >= 4 is 29.5 Å². The van der Waals surface area contributed by atoms with Crippen molar-refractivity contribution in [3.63, 3.8) is 0 Å². The van der Waals surface area contributed by atoms with Crippen LogP contribution >= 0.6 is 23.5 Å². The summed E-state index contributed by atoms with van der Waals surface area (Å²) in [6.07, 6.45) is 0.519. The Balaban J connectivity index is 1.89. The van der Waals surface area contributed by atoms with Crippen molar-refractivity contribution in [3.8, 4) is 0 Å². The Labute approximate surface area is 132 Å². The van der Waals surface area contributed by atoms with E-state index in [2.05, 4.69) is 6.58 Å². The van der Waals surface area contributed by atoms with Crippen molar-refractivity contribution < 1.29 is 9.53 Å². The maximum absolute atomic E-state index is 11.8. The Hall–Kier alpha value is -1.65. The first kappa shape index (κ1) is 14.3. The number of hydrogen-bond acceptors (Lipinski definition) is 4. The number of carbonyl (C=O) groups excluding carboxylic acids is 1. The van der Waals surface area contributed by atoms with Crippen LogP contribution in [0, 0.1) is 0 Å². The Morgan fingerprint density at radius 1 is 0.905 bits per heavy atom. The lowest BCUT2D eigenvalue weighted by Crippen LogP contribution is -2.18. The van der Waals surface area contributed by atoms with Crippen LogP contribution in [0.1, 0.15) is 6.42 Å². The fraction of sp³-hybridized carbons (Fsp3) is 0.118. The van der Waals surface area contributed by atoms with Gasteiger partial charge >= 0.3 is 5.97 Å². The summed E-state index contributed by atoms with van der Waals surface area (Å²) < 4.78 is 4.99. The number of benzene rings is 2. The van der Waals surface area contributed by atoms with Crippen LogP contribution in [0.4, 0.5) is 0 Å². The van der Waals surface area contributed by atoms with Crippen molar-refractivity contribution in [3.05, 3.63) is 72.8 Å². The van der Waals surface area contributed by atoms with Gasteiger partial charge in [-0.3, -0.25) is 0 Å². The number of ether oxygens (including phenoxy) is 1. The first-order chi connectivity index (χ1) is 10.2. The molecule has 0 N–H and O–H groups in total. The fourth-order valence-corrected chi connectivity index (χ4v) is 4.83. The van der Waals surface area contributed by atoms with Crippen LogP contribution in [-0.4, -0.2) is 10.2 Å². The number of esters is 1. The monoisotopic (exact) mass is 314 g/mol. The number of cyclic esters (lactones) is 1. The van der Waals surface area contributed by atoms with E-state index in [9.17, 15) is 4.79 Å². The summed E-state index contributed by atoms with van der Waals surface area (Å²) in [7, 11) is 0. The van der Waals surface area contributed by atoms with Crippen molar-refractivity contribution in [2.24, 2.45) is 0 Å². The quantitative estimate of drug-likeness (QED) is 0.463. The van der Waals surface area contributed by atoms with Gasteiger partial charge in [-0.2, -0.15) is 0 Å². The summed E-state index contributed by atoms with van der Waals surface area (Å²) in [6, 6.07) is 20.0. The van der Waals surface area contributed by atoms with Crippen LogP contribution in [0.15, 0.2) is 82.6 Å². The summed E-state index contributed by atoms with van der Waals surface area (Å²) in [5.74, 6) is -0.304. The molecule has 1 saturated heterocycles. The lowest BCUT2D eigenvalue weighted by molar-refractivity contribution is -0.137. The van der Waals surface area contributed by atoms with E-state index in [1.807, 2.05) is 60.7 Å². The molecule has 0 amide bonds. The number of hydrogen-bond donors (Lipinski definition) is 0. The van der Waals surface area contributed by atoms with Crippen LogP contribution < -0.4 is 0 Å². The van der Waals surface area contributed by atoms with Gasteiger partial charge in [0.05, 0.1) is 0 Å². The first-order valence-corrected chi connectivity index (χ1v) is 8.19. The van der Waals surface area contributed by atoms with Gasteiger partial charge in [-0.15, -0.1) is 0 Å². The minimum Gasteiger partial charge on any atom is -0.434 e. The molecule has 0 unspecified atom stereocenters. The topological polar surface area (TPSA) is 26.3 Å². The number of thioether (sulfide) groups is 2. The van der Waals surface area contributed by atoms with Gasteiger partial charge in [0.1, 0.15) is 0 Å². The standard InChI is InChI=1S/C17H14O2S2/c1-13-12-17(19-16(13)18,20-14-8-4-2-5-9-14)21-15-10-6-3-7-11-15/h2-11H,1,12H2. The van der Waals surface area contributed by atoms with Crippen molar-refractivity contribution in [2.75, 3.05) is 0 Å². The SMILES string of the molecule is C=C1CC(Sc2ccccc2)(Sc2ccccc2)OC1=O. The van der Waals surface area contributed by atoms with Gasteiger partial charge in [-0.1, -0.05) is 66.5 Å². The third kappa shape index (κ3) is 3.34. The predicted molar refractivity (Wildman–Crippen MR) is 87.2 cm³/mol. The molecule has 0 bridgehead atoms. The zero-order valence-electron chi connectivity index (χ0n) is 11.3. The summed E-state index contributed by atoms with van der Waals surface area (Å²) in [5, 5.41) is 0. The molecule has 0 spiro atoms. The van der Waals surface area contributed by atoms with Gasteiger partial charge in [-0.25, -0.2) is 4.79 Å². The van der Waals surface area contributed by atoms with Crippen molar-refractivity contribution in [1.29, 1.82) is 0 Å². The Kier molecular flexibility index (Phi) is 4.08. The van der Waals surface area contributed by atoms with Gasteiger partial charge in [0.25, 0.3) is 0 Å². The van der Waals surface area contributed by atoms with E-state index in [1.54, 1.807) is 23.5 Å². The van der Waals surface area contributed by atoms with Gasteiger partial charge in [0, 0.05) is 21.8 Å². The fourth-order valence-electron chi connectivity index (χ4n) is 2.05. The third-order valence-electron chi connectivity index (χ3n) is 3.00. The highest BCUT2D eigenvalue weighted by Gasteiger charge is 2.45. The predicted octanol–water partition coefficient (Wildman–Crippen LogP) is 4.73. The molecule has 2 nitrogen and oxygen atoms in total. The zero-order chi connectivity index (χ0) is 14.7. The van der Waals surface area contributed by atoms with Crippen LogP contribution in [0.5, 0.6) is 0 Å². The highest BCUT2D eigenvalue weighted by atomic mass is 32.2. The summed E-state index contributed by atoms with van der Waals surface area (Å²) >= 11 is 3.12. The summed E-state index contributed by atoms with van der Waals surface area (Å²) in [5.41, 5.74) is 0.530. The molecule has 1 fully saturated rings. The van der Waals surface area contributed by atoms with Gasteiger partial charge in [0.2, 0.25) is 4.27 Å². The van der Waals surface area contributed by atoms with E-state index in [4.69, 9.17) is 4.74 Å². The smallest absolute Gasteiger partial charge is 0.335 e. The zero-order valence-corrected chi connectivity index (χ0v) is 13.0. The Morgan fingerprint density at radius 2 is 1.38 bits per heavy atom. The second-order valence-electron chi connectivity index (χ2n) is 4.68. The van der Waals surface area contributed by atoms with Crippen molar-refractivity contribution in [1.82, 2.24) is 0 Å². The Morgan fingerprint density at radius 3 is 1.76 bits per heavy atom. The van der Waals surface area contributed by atoms with Crippen LogP contribution in [0.2, 0.25) is 0 Å². The first-order valence-electron chi connectivity index (χ1n) is 6.56. The minimum absolute atomic E-state index is 0.304. The molecule has 1 aliphatic rings. The average Bonchev–Trinajstić information content (AvgIpc) is 2.75. The molecule has 0 aliphatic carbocycles. The van der Waals surface area contributed by atoms with E-state index in [0.717, 1.165) is 9.79 Å². The highest BCUT2D eigenvalue weighted by Crippen LogP contribution is 2.53. The van der Waals surface area contributed by atoms with E-state index >= 15 is 0 Å². The van der Waals surface area contributed by atoms with E-state index < -0.39 is 4.27 Å². The molecular weight excluding hydrogens is 300 g/mol. The molecule has 2 aromatic carbocycles. The second-order valence-corrected chi connectivity index (χ2v) is 7.61. The highest BCUT2D eigenvalue weighted by molar-refractivity contribution is 8.18. The third-order valence-corrected chi connectivity index (χ3v) is 5.59. The van der Waals surface area contributed by atoms with Gasteiger partial charge in [-0.05, 0) is 24.3 Å². The molecule has 0 atom stereocenters. The lowest BCUT2D eigenvalue weighted by atomic mass is 10.3. The maximum atomic E-state index is 11.8. The summed E-state index contributed by atoms with van der Waals surface area (Å²) in [4.78, 5) is 14.0. The van der Waals surface area contributed by atoms with Crippen LogP contribution in [0.3, 0.4) is 0 Å². The molecule has 0 radical (unpaired) electrons. The molecule has 1 heterocycles. The minimum atomic E-state index is -0.670. The Bertz CT molecular complexity index is 594. The molecule has 2 aromatic rings. The molecule has 106 valence electrons. The molecule has 3 rings (SSSR count). The number of carbonyl (C=O) groups is 1. The van der Waals surface area contributed by atoms with Crippen LogP contribution in [0.25, 0.3) is 0 Å². The molecule has 21 heavy (non-hydrogen) atoms. The molecule has 0 saturated carbocycles. The van der Waals surface area contributed by atoms with E-state index in [0.29, 0.717) is 12.0 Å². The van der Waals surface area contributed by atoms with Gasteiger partial charge in [0.15, 0.2) is 0 Å². The summed E-state index contributed by atoms with van der Waals surface area (Å²) in [6.45, 7) is 3.81. The second kappa shape index (κ2) is 6.00. The van der Waals surface area contributed by atoms with E-state index in [-0.39, 0.29) is 5.97 Å². The molecule has 1 aliphatic heterocycles. The molecular formula is C17H14O2S2. The maximum Gasteiger partial charge on any atom is 0.335 e. The van der Waals surface area contributed by atoms with Crippen molar-refractivity contribution in [2.45, 2.75) is 20.5 Å². The largest absolute Gasteiger partial charge is 0.434 e. The number of rotatable bonds is 4. The average molecular weight is 314 g/mol. The van der Waals surface area contributed by atoms with Gasteiger partial charge < -0.3 is 4.74 Å². The molecule has 4 heteroatoms. The lowest BCUT2D eigenvalue weighted by Gasteiger charge is -2.25. The van der Waals surface area contributed by atoms with Crippen LogP contribution in [-0.2, 0) is 9.53 Å². The normalized spacial score (nSPS) is 16.8. The van der Waals surface area contributed by atoms with E-state index in [1.165, 1.54) is 0 Å². The molecule has 0 aromatic heterocycles.